The molecule has 1 aliphatic rings. The number of aryl methyl sites for hydroxylation is 2. The normalized spacial score (nSPS) is 12.8. The van der Waals surface area contributed by atoms with Crippen LogP contribution in [0.25, 0.3) is 54.9 Å². The van der Waals surface area contributed by atoms with Gasteiger partial charge >= 0.3 is 62.6 Å². The van der Waals surface area contributed by atoms with Crippen molar-refractivity contribution in [3.8, 4) is 33.4 Å². The summed E-state index contributed by atoms with van der Waals surface area (Å²) < 4.78 is 159. The van der Waals surface area contributed by atoms with Crippen molar-refractivity contribution in [3.63, 3.8) is 0 Å². The summed E-state index contributed by atoms with van der Waals surface area (Å²) in [6.45, 7) is 15.4. The molecule has 0 aliphatic carbocycles. The van der Waals surface area contributed by atoms with Gasteiger partial charge in [-0.25, -0.2) is 0 Å². The fourth-order valence-electron chi connectivity index (χ4n) is 8.34. The van der Waals surface area contributed by atoms with Crippen LogP contribution in [-0.4, -0.2) is 9.52 Å². The van der Waals surface area contributed by atoms with E-state index in [1.807, 2.05) is 84.0 Å². The van der Waals surface area contributed by atoms with Gasteiger partial charge in [-0.3, -0.25) is 0 Å². The summed E-state index contributed by atoms with van der Waals surface area (Å²) in [7, 11) is 10.7. The van der Waals surface area contributed by atoms with Crippen molar-refractivity contribution < 1.29 is 73.5 Å². The van der Waals surface area contributed by atoms with E-state index in [0.29, 0.717) is 33.0 Å². The third-order valence-electron chi connectivity index (χ3n) is 12.0. The molecule has 0 aromatic heterocycles. The second kappa shape index (κ2) is 21.3. The Balaban J connectivity index is 0.000000181. The first-order valence-corrected chi connectivity index (χ1v) is 29.4. The SMILES string of the molecule is Cc1ccc2[cH-]c(C(C)(C)C)cc2c1-c1cc(C(F)(F)F)cc(C(F)(F)F)c1.Cc1ccc2[cH-]c(C(C)(C)C)cc2c1-c1cc(C(F)(F)F)cc(C(F)(F)F)c1.[Cl][Zr][Cl].[c-]1cccc2c1[Si]c1ccccc1-2. The van der Waals surface area contributed by atoms with Crippen molar-refractivity contribution in [1.82, 2.24) is 0 Å². The zero-order valence-electron chi connectivity index (χ0n) is 39.9. The Morgan fingerprint density at radius 2 is 0.833 bits per heavy atom. The smallest absolute Gasteiger partial charge is 0.0920 e. The van der Waals surface area contributed by atoms with Gasteiger partial charge in [0.1, 0.15) is 0 Å². The van der Waals surface area contributed by atoms with Crippen LogP contribution in [0.15, 0.2) is 127 Å². The van der Waals surface area contributed by atoms with E-state index < -0.39 is 67.8 Å². The molecule has 72 heavy (non-hydrogen) atoms. The summed E-state index contributed by atoms with van der Waals surface area (Å²) in [6.07, 6.45) is -19.5. The molecule has 2 radical (unpaired) electrons. The Morgan fingerprint density at radius 1 is 0.472 bits per heavy atom. The van der Waals surface area contributed by atoms with Crippen LogP contribution in [0.2, 0.25) is 0 Å². The van der Waals surface area contributed by atoms with Gasteiger partial charge in [-0.15, -0.1) is 74.6 Å². The van der Waals surface area contributed by atoms with Gasteiger partial charge in [-0.05, 0) is 72.2 Å². The first-order chi connectivity index (χ1) is 33.2. The van der Waals surface area contributed by atoms with Crippen molar-refractivity contribution in [2.24, 2.45) is 0 Å². The zero-order valence-corrected chi connectivity index (χ0v) is 44.9. The molecule has 0 saturated carbocycles. The predicted molar refractivity (Wildman–Crippen MR) is 264 cm³/mol. The van der Waals surface area contributed by atoms with Gasteiger partial charge in [0.25, 0.3) is 0 Å². The van der Waals surface area contributed by atoms with E-state index in [0.717, 1.165) is 55.7 Å². The van der Waals surface area contributed by atoms with Crippen LogP contribution >= 0.6 is 17.0 Å². The van der Waals surface area contributed by atoms with Crippen LogP contribution in [0.5, 0.6) is 0 Å². The first kappa shape index (κ1) is 56.7. The molecule has 1 aliphatic heterocycles. The van der Waals surface area contributed by atoms with Crippen molar-refractivity contribution in [2.45, 2.75) is 90.9 Å². The average Bonchev–Trinajstić information content (AvgIpc) is 4.02. The molecule has 378 valence electrons. The van der Waals surface area contributed by atoms with E-state index in [2.05, 4.69) is 42.5 Å². The molecular weight excluding hydrogens is 1090 g/mol. The maximum absolute atomic E-state index is 13.3. The number of hydrogen-bond donors (Lipinski definition) is 0. The Morgan fingerprint density at radius 3 is 1.19 bits per heavy atom. The van der Waals surface area contributed by atoms with Gasteiger partial charge in [0.2, 0.25) is 0 Å². The van der Waals surface area contributed by atoms with Gasteiger partial charge in [0.05, 0.1) is 31.8 Å². The minimum atomic E-state index is -4.87. The van der Waals surface area contributed by atoms with Gasteiger partial charge in [0.15, 0.2) is 0 Å². The van der Waals surface area contributed by atoms with Crippen molar-refractivity contribution in [1.29, 1.82) is 0 Å². The molecule has 8 aromatic rings. The molecule has 0 nitrogen and oxygen atoms in total. The molecule has 0 spiro atoms. The van der Waals surface area contributed by atoms with Crippen LogP contribution in [0, 0.1) is 19.9 Å². The van der Waals surface area contributed by atoms with Crippen molar-refractivity contribution >= 4 is 58.5 Å². The maximum Gasteiger partial charge on any atom is 0.0920 e. The molecule has 0 amide bonds. The average molecular weight is 1140 g/mol. The molecule has 0 unspecified atom stereocenters. The summed E-state index contributed by atoms with van der Waals surface area (Å²) in [5.41, 5.74) is 0.919. The summed E-state index contributed by atoms with van der Waals surface area (Å²) >= 11 is -0.826. The quantitative estimate of drug-likeness (QED) is 0.0919. The van der Waals surface area contributed by atoms with Gasteiger partial charge in [-0.1, -0.05) is 98.8 Å². The van der Waals surface area contributed by atoms with E-state index in [1.165, 1.54) is 21.5 Å². The standard InChI is InChI=1S/2C22H19F6.C12H7Si.2ClH.Zr/c2*1-12-5-6-13-7-15(20(2,3)4)11-18(13)19(12)14-8-16(21(23,24)25)10-17(9-14)22(26,27)28;1-3-7-11-9(5-1)10-6-2-4-8-12(10)13-11;;;/h2*5-11H,1-4H3;1-7H;2*1H;/q3*-1;;;+2/p-2. The van der Waals surface area contributed by atoms with E-state index in [9.17, 15) is 52.7 Å². The third-order valence-corrected chi connectivity index (χ3v) is 13.4. The molecule has 8 aromatic carbocycles. The molecule has 9 rings (SSSR count). The number of halogens is 14. The van der Waals surface area contributed by atoms with E-state index >= 15 is 0 Å². The molecule has 16 heteroatoms. The fraction of sp³-hybridized carbons (Fsp3) is 0.250. The van der Waals surface area contributed by atoms with Gasteiger partial charge in [-0.2, -0.15) is 94.3 Å². The minimum Gasteiger partial charge on any atom is -0.184 e. The molecule has 0 atom stereocenters. The Kier molecular flexibility index (Phi) is 16.8. The maximum atomic E-state index is 13.3. The summed E-state index contributed by atoms with van der Waals surface area (Å²) in [6, 6.07) is 36.3. The number of hydrogen-bond acceptors (Lipinski definition) is 0. The summed E-state index contributed by atoms with van der Waals surface area (Å²) in [5.74, 6) is 0. The third kappa shape index (κ3) is 13.2. The minimum absolute atomic E-state index is 0.0868. The van der Waals surface area contributed by atoms with Crippen LogP contribution < -0.4 is 10.4 Å². The number of benzene rings is 6. The van der Waals surface area contributed by atoms with Crippen LogP contribution in [0.3, 0.4) is 0 Å². The fourth-order valence-corrected chi connectivity index (χ4v) is 9.65. The zero-order chi connectivity index (χ0) is 53.5. The number of rotatable bonds is 2. The summed E-state index contributed by atoms with van der Waals surface area (Å²) in [4.78, 5) is 0. The predicted octanol–water partition coefficient (Wildman–Crippen LogP) is 18.2. The molecular formula is C56H45Cl2F12SiZr-3. The molecule has 1 heterocycles. The van der Waals surface area contributed by atoms with E-state index in [-0.39, 0.29) is 34.1 Å². The molecule has 0 fully saturated rings. The molecule has 0 saturated heterocycles. The van der Waals surface area contributed by atoms with Crippen molar-refractivity contribution in [2.75, 3.05) is 0 Å². The van der Waals surface area contributed by atoms with Gasteiger partial charge < -0.3 is 0 Å². The number of fused-ring (bicyclic) bond motifs is 5. The van der Waals surface area contributed by atoms with E-state index in [4.69, 9.17) is 17.0 Å². The monoisotopic (exact) mass is 1130 g/mol. The Labute approximate surface area is 431 Å². The van der Waals surface area contributed by atoms with Crippen LogP contribution in [-0.2, 0) is 56.4 Å². The van der Waals surface area contributed by atoms with E-state index in [1.54, 1.807) is 26.0 Å². The first-order valence-electron chi connectivity index (χ1n) is 22.1. The van der Waals surface area contributed by atoms with Crippen LogP contribution in [0.1, 0.15) is 86.1 Å². The van der Waals surface area contributed by atoms with Gasteiger partial charge in [0, 0.05) is 0 Å². The number of alkyl halides is 12. The van der Waals surface area contributed by atoms with Crippen molar-refractivity contribution in [3.05, 3.63) is 178 Å². The molecule has 0 N–H and O–H groups in total. The topological polar surface area (TPSA) is 0 Å². The second-order valence-electron chi connectivity index (χ2n) is 19.3. The summed E-state index contributed by atoms with van der Waals surface area (Å²) in [5, 5.41) is 5.70. The van der Waals surface area contributed by atoms with Crippen LogP contribution in [0.4, 0.5) is 52.7 Å². The second-order valence-corrected chi connectivity index (χ2v) is 24.3. The Hall–Kier alpha value is -4.62. The largest absolute Gasteiger partial charge is 0.184 e. The molecule has 0 bridgehead atoms. The Bertz CT molecular complexity index is 2930.